The Bertz CT molecular complexity index is 161. The lowest BCUT2D eigenvalue weighted by Gasteiger charge is -1.84. The van der Waals surface area contributed by atoms with Crippen molar-refractivity contribution in [3.8, 4) is 0 Å². The molecule has 0 aromatic heterocycles. The first-order chi connectivity index (χ1) is 6.83. The summed E-state index contributed by atoms with van der Waals surface area (Å²) >= 11 is 0. The smallest absolute Gasteiger partial charge is 0.0348 e. The first-order valence-corrected chi connectivity index (χ1v) is 5.38. The molecular weight excluding hydrogens is 168 g/mol. The second kappa shape index (κ2) is 17.9. The summed E-state index contributed by atoms with van der Waals surface area (Å²) in [5, 5.41) is 0. The summed E-state index contributed by atoms with van der Waals surface area (Å²) in [5.41, 5.74) is 0. The van der Waals surface area contributed by atoms with Gasteiger partial charge in [-0.25, -0.2) is 0 Å². The van der Waals surface area contributed by atoms with E-state index < -0.39 is 0 Å². The number of hydrogen-bond donors (Lipinski definition) is 0. The average Bonchev–Trinajstić information content (AvgIpc) is 2.22. The predicted octanol–water partition coefficient (Wildman–Crippen LogP) is 5.06. The van der Waals surface area contributed by atoms with E-state index in [0.717, 1.165) is 6.42 Å². The first-order valence-electron chi connectivity index (χ1n) is 5.38. The minimum atomic E-state index is 1.10. The van der Waals surface area contributed by atoms with Gasteiger partial charge in [0, 0.05) is 0 Å². The van der Waals surface area contributed by atoms with Gasteiger partial charge in [0.2, 0.25) is 0 Å². The van der Waals surface area contributed by atoms with Crippen LogP contribution in [0.1, 0.15) is 39.5 Å². The van der Waals surface area contributed by atoms with Crippen LogP contribution in [-0.4, -0.2) is 0 Å². The van der Waals surface area contributed by atoms with Gasteiger partial charge < -0.3 is 0 Å². The van der Waals surface area contributed by atoms with Crippen LogP contribution in [0, 0.1) is 0 Å². The van der Waals surface area contributed by atoms with Gasteiger partial charge in [-0.1, -0.05) is 76.3 Å². The minimum Gasteiger partial charge on any atom is -0.0991 e. The normalized spacial score (nSPS) is 9.86. The van der Waals surface area contributed by atoms with E-state index in [0.29, 0.717) is 0 Å². The number of rotatable bonds is 6. The van der Waals surface area contributed by atoms with Crippen molar-refractivity contribution in [3.05, 3.63) is 49.6 Å². The summed E-state index contributed by atoms with van der Waals surface area (Å²) in [7, 11) is 0. The molecule has 0 atom stereocenters. The molecule has 0 spiro atoms. The molecule has 0 N–H and O–H groups in total. The van der Waals surface area contributed by atoms with Gasteiger partial charge in [0.05, 0.1) is 0 Å². The van der Waals surface area contributed by atoms with Crippen LogP contribution in [0.4, 0.5) is 0 Å². The fourth-order valence-electron chi connectivity index (χ4n) is 0.747. The Labute approximate surface area is 89.7 Å². The third-order valence-electron chi connectivity index (χ3n) is 1.50. The van der Waals surface area contributed by atoms with Crippen LogP contribution in [0.15, 0.2) is 49.6 Å². The molecule has 0 aliphatic carbocycles. The van der Waals surface area contributed by atoms with Crippen LogP contribution in [0.3, 0.4) is 0 Å². The highest BCUT2D eigenvalue weighted by Gasteiger charge is 1.73. The third kappa shape index (κ3) is 22.4. The van der Waals surface area contributed by atoms with Crippen molar-refractivity contribution in [2.24, 2.45) is 0 Å². The van der Waals surface area contributed by atoms with Gasteiger partial charge in [-0.15, -0.1) is 0 Å². The summed E-state index contributed by atoms with van der Waals surface area (Å²) in [6.07, 6.45) is 16.6. The SMILES string of the molecule is C=CC=CCC.C=CC=CCCCC. The lowest BCUT2D eigenvalue weighted by molar-refractivity contribution is 0.815. The second-order valence-corrected chi connectivity index (χ2v) is 2.88. The van der Waals surface area contributed by atoms with E-state index in [1.165, 1.54) is 19.3 Å². The van der Waals surface area contributed by atoms with Crippen molar-refractivity contribution >= 4 is 0 Å². The van der Waals surface area contributed by atoms with Gasteiger partial charge in [-0.3, -0.25) is 0 Å². The van der Waals surface area contributed by atoms with Crippen LogP contribution in [0.2, 0.25) is 0 Å². The molecule has 0 aliphatic rings. The van der Waals surface area contributed by atoms with Crippen LogP contribution >= 0.6 is 0 Å². The quantitative estimate of drug-likeness (QED) is 0.408. The van der Waals surface area contributed by atoms with Crippen LogP contribution in [0.25, 0.3) is 0 Å². The highest BCUT2D eigenvalue weighted by molar-refractivity contribution is 4.96. The topological polar surface area (TPSA) is 0 Å². The van der Waals surface area contributed by atoms with Gasteiger partial charge in [0.25, 0.3) is 0 Å². The van der Waals surface area contributed by atoms with Gasteiger partial charge in [-0.05, 0) is 12.8 Å². The molecular formula is C14H24. The number of allylic oxidation sites excluding steroid dienone is 6. The van der Waals surface area contributed by atoms with Gasteiger partial charge in [0.15, 0.2) is 0 Å². The molecule has 0 saturated carbocycles. The molecule has 0 saturated heterocycles. The Morgan fingerprint density at radius 3 is 1.86 bits per heavy atom. The molecule has 0 unspecified atom stereocenters. The van der Waals surface area contributed by atoms with Gasteiger partial charge in [0.1, 0.15) is 0 Å². The molecule has 80 valence electrons. The zero-order valence-corrected chi connectivity index (χ0v) is 9.71. The summed E-state index contributed by atoms with van der Waals surface area (Å²) in [6, 6.07) is 0. The second-order valence-electron chi connectivity index (χ2n) is 2.88. The maximum Gasteiger partial charge on any atom is -0.0348 e. The molecule has 0 nitrogen and oxygen atoms in total. The lowest BCUT2D eigenvalue weighted by Crippen LogP contribution is -1.64. The van der Waals surface area contributed by atoms with E-state index in [9.17, 15) is 0 Å². The molecule has 0 aliphatic heterocycles. The van der Waals surface area contributed by atoms with Crippen molar-refractivity contribution in [1.29, 1.82) is 0 Å². The maximum atomic E-state index is 3.57. The van der Waals surface area contributed by atoms with Gasteiger partial charge >= 0.3 is 0 Å². The molecule has 0 heterocycles. The van der Waals surface area contributed by atoms with Gasteiger partial charge in [-0.2, -0.15) is 0 Å². The molecule has 0 radical (unpaired) electrons. The summed E-state index contributed by atoms with van der Waals surface area (Å²) in [6.45, 7) is 11.4. The molecule has 14 heavy (non-hydrogen) atoms. The summed E-state index contributed by atoms with van der Waals surface area (Å²) < 4.78 is 0. The monoisotopic (exact) mass is 192 g/mol. The fourth-order valence-corrected chi connectivity index (χ4v) is 0.747. The zero-order chi connectivity index (χ0) is 11.1. The van der Waals surface area contributed by atoms with Crippen LogP contribution in [0.5, 0.6) is 0 Å². The molecule has 0 rings (SSSR count). The predicted molar refractivity (Wildman–Crippen MR) is 68.5 cm³/mol. The van der Waals surface area contributed by atoms with E-state index in [4.69, 9.17) is 0 Å². The standard InChI is InChI=1S/C8H14.C6H10/c1-3-5-7-8-6-4-2;1-3-5-6-4-2/h3,5,7H,1,4,6,8H2,2H3;3,5-6H,1,4H2,2H3. The average molecular weight is 192 g/mol. The zero-order valence-electron chi connectivity index (χ0n) is 9.71. The van der Waals surface area contributed by atoms with E-state index in [1.807, 2.05) is 18.2 Å². The molecule has 0 bridgehead atoms. The van der Waals surface area contributed by atoms with Crippen LogP contribution < -0.4 is 0 Å². The summed E-state index contributed by atoms with van der Waals surface area (Å²) in [5.74, 6) is 0. The van der Waals surface area contributed by atoms with Crippen molar-refractivity contribution in [3.63, 3.8) is 0 Å². The maximum absolute atomic E-state index is 3.57. The first kappa shape index (κ1) is 15.4. The highest BCUT2D eigenvalue weighted by Crippen LogP contribution is 1.93. The van der Waals surface area contributed by atoms with E-state index in [2.05, 4.69) is 39.2 Å². The van der Waals surface area contributed by atoms with E-state index in [-0.39, 0.29) is 0 Å². The molecule has 0 amide bonds. The van der Waals surface area contributed by atoms with Crippen LogP contribution in [-0.2, 0) is 0 Å². The Balaban J connectivity index is 0. The lowest BCUT2D eigenvalue weighted by atomic mass is 10.2. The Morgan fingerprint density at radius 2 is 1.50 bits per heavy atom. The molecule has 0 aromatic carbocycles. The Hall–Kier alpha value is -1.04. The molecule has 0 aromatic rings. The third-order valence-corrected chi connectivity index (χ3v) is 1.50. The Morgan fingerprint density at radius 1 is 0.929 bits per heavy atom. The Kier molecular flexibility index (Phi) is 19.7. The number of hydrogen-bond acceptors (Lipinski definition) is 0. The largest absolute Gasteiger partial charge is 0.0991 e. The summed E-state index contributed by atoms with van der Waals surface area (Å²) in [4.78, 5) is 0. The highest BCUT2D eigenvalue weighted by atomic mass is 13.8. The van der Waals surface area contributed by atoms with Crippen molar-refractivity contribution in [1.82, 2.24) is 0 Å². The van der Waals surface area contributed by atoms with E-state index in [1.54, 1.807) is 6.08 Å². The fraction of sp³-hybridized carbons (Fsp3) is 0.429. The molecule has 0 fully saturated rings. The minimum absolute atomic E-state index is 1.10. The van der Waals surface area contributed by atoms with E-state index >= 15 is 0 Å². The number of unbranched alkanes of at least 4 members (excludes halogenated alkanes) is 2. The van der Waals surface area contributed by atoms with Crippen molar-refractivity contribution in [2.75, 3.05) is 0 Å². The molecule has 0 heteroatoms. The van der Waals surface area contributed by atoms with Crippen molar-refractivity contribution < 1.29 is 0 Å². The van der Waals surface area contributed by atoms with Crippen molar-refractivity contribution in [2.45, 2.75) is 39.5 Å².